The summed E-state index contributed by atoms with van der Waals surface area (Å²) in [6.07, 6.45) is 3.72. The molecule has 3 atom stereocenters. The van der Waals surface area contributed by atoms with Crippen LogP contribution >= 0.6 is 0 Å². The van der Waals surface area contributed by atoms with Gasteiger partial charge in [-0.3, -0.25) is 14.2 Å². The number of carbonyl (C=O) groups excluding carboxylic acids is 1. The molecule has 1 aliphatic rings. The minimum Gasteiger partial charge on any atom is -0.368 e. The number of rotatable bonds is 3. The van der Waals surface area contributed by atoms with E-state index in [0.29, 0.717) is 13.0 Å². The monoisotopic (exact) mass is 252 g/mol. The summed E-state index contributed by atoms with van der Waals surface area (Å²) in [5.74, 6) is -0.958. The Kier molecular flexibility index (Phi) is 3.76. The summed E-state index contributed by atoms with van der Waals surface area (Å²) in [5.41, 5.74) is 12.1. The Hall–Kier alpha value is -1.69. The van der Waals surface area contributed by atoms with E-state index in [9.17, 15) is 9.18 Å². The molecule has 0 bridgehead atoms. The molecule has 1 saturated heterocycles. The summed E-state index contributed by atoms with van der Waals surface area (Å²) in [7, 11) is 0. The van der Waals surface area contributed by atoms with Gasteiger partial charge in [-0.05, 0) is 18.6 Å². The zero-order valence-electron chi connectivity index (χ0n) is 10.00. The van der Waals surface area contributed by atoms with E-state index in [4.69, 9.17) is 11.5 Å². The van der Waals surface area contributed by atoms with Crippen LogP contribution in [0.25, 0.3) is 0 Å². The van der Waals surface area contributed by atoms with Crippen molar-refractivity contribution in [1.82, 2.24) is 4.98 Å². The topological polar surface area (TPSA) is 85.2 Å². The molecule has 5 nitrogen and oxygen atoms in total. The molecule has 1 aliphatic heterocycles. The highest BCUT2D eigenvalue weighted by molar-refractivity contribution is 5.84. The van der Waals surface area contributed by atoms with Crippen LogP contribution in [0.5, 0.6) is 0 Å². The SMILES string of the molecule is NC(=O)C1C(CF)CC(N)CN1c1ccncc1. The average Bonchev–Trinajstić information content (AvgIpc) is 2.38. The number of alkyl halides is 1. The number of anilines is 1. The van der Waals surface area contributed by atoms with Crippen LogP contribution in [-0.2, 0) is 4.79 Å². The highest BCUT2D eigenvalue weighted by Gasteiger charge is 2.38. The molecule has 1 aromatic rings. The molecule has 2 heterocycles. The molecule has 18 heavy (non-hydrogen) atoms. The second-order valence-electron chi connectivity index (χ2n) is 4.62. The summed E-state index contributed by atoms with van der Waals surface area (Å²) in [5, 5.41) is 0. The van der Waals surface area contributed by atoms with Crippen molar-refractivity contribution in [3.8, 4) is 0 Å². The van der Waals surface area contributed by atoms with Gasteiger partial charge >= 0.3 is 0 Å². The normalized spacial score (nSPS) is 28.1. The molecule has 0 radical (unpaired) electrons. The molecule has 0 aromatic carbocycles. The number of halogens is 1. The summed E-state index contributed by atoms with van der Waals surface area (Å²) in [6.45, 7) is -0.100. The third kappa shape index (κ3) is 2.43. The lowest BCUT2D eigenvalue weighted by Gasteiger charge is -2.42. The molecule has 2 rings (SSSR count). The maximum Gasteiger partial charge on any atom is 0.240 e. The Balaban J connectivity index is 2.32. The van der Waals surface area contributed by atoms with E-state index in [0.717, 1.165) is 5.69 Å². The minimum absolute atomic E-state index is 0.158. The van der Waals surface area contributed by atoms with Crippen molar-refractivity contribution in [2.24, 2.45) is 17.4 Å². The van der Waals surface area contributed by atoms with Crippen LogP contribution < -0.4 is 16.4 Å². The zero-order chi connectivity index (χ0) is 13.1. The number of aromatic nitrogens is 1. The lowest BCUT2D eigenvalue weighted by Crippen LogP contribution is -2.59. The number of nitrogens with two attached hydrogens (primary N) is 2. The van der Waals surface area contributed by atoms with Gasteiger partial charge < -0.3 is 16.4 Å². The standard InChI is InChI=1S/C12H17FN4O/c13-6-8-5-9(14)7-17(11(8)12(15)18)10-1-3-16-4-2-10/h1-4,8-9,11H,5-7,14H2,(H2,15,18). The van der Waals surface area contributed by atoms with Gasteiger partial charge in [0.1, 0.15) is 6.04 Å². The number of hydrogen-bond acceptors (Lipinski definition) is 4. The van der Waals surface area contributed by atoms with E-state index in [2.05, 4.69) is 4.98 Å². The molecule has 6 heteroatoms. The highest BCUT2D eigenvalue weighted by atomic mass is 19.1. The van der Waals surface area contributed by atoms with Gasteiger partial charge in [-0.15, -0.1) is 0 Å². The first-order chi connectivity index (χ1) is 8.63. The van der Waals surface area contributed by atoms with Crippen LogP contribution in [-0.4, -0.2) is 36.2 Å². The van der Waals surface area contributed by atoms with Gasteiger partial charge in [-0.2, -0.15) is 0 Å². The van der Waals surface area contributed by atoms with Crippen molar-refractivity contribution >= 4 is 11.6 Å². The van der Waals surface area contributed by atoms with Crippen LogP contribution in [0.3, 0.4) is 0 Å². The van der Waals surface area contributed by atoms with E-state index in [-0.39, 0.29) is 6.04 Å². The molecule has 0 saturated carbocycles. The van der Waals surface area contributed by atoms with Crippen molar-refractivity contribution in [2.45, 2.75) is 18.5 Å². The summed E-state index contributed by atoms with van der Waals surface area (Å²) < 4.78 is 13.0. The fraction of sp³-hybridized carbons (Fsp3) is 0.500. The van der Waals surface area contributed by atoms with Crippen molar-refractivity contribution in [2.75, 3.05) is 18.1 Å². The van der Waals surface area contributed by atoms with Crippen molar-refractivity contribution in [3.05, 3.63) is 24.5 Å². The second kappa shape index (κ2) is 5.30. The highest BCUT2D eigenvalue weighted by Crippen LogP contribution is 2.28. The number of hydrogen-bond donors (Lipinski definition) is 2. The molecule has 4 N–H and O–H groups in total. The first-order valence-electron chi connectivity index (χ1n) is 5.91. The van der Waals surface area contributed by atoms with Gasteiger partial charge in [-0.25, -0.2) is 0 Å². The van der Waals surface area contributed by atoms with Gasteiger partial charge in [0.2, 0.25) is 5.91 Å². The summed E-state index contributed by atoms with van der Waals surface area (Å²) >= 11 is 0. The molecular weight excluding hydrogens is 235 g/mol. The van der Waals surface area contributed by atoms with E-state index < -0.39 is 24.5 Å². The number of pyridine rings is 1. The molecule has 0 aliphatic carbocycles. The zero-order valence-corrected chi connectivity index (χ0v) is 10.00. The Bertz CT molecular complexity index is 414. The molecule has 1 amide bonds. The smallest absolute Gasteiger partial charge is 0.240 e. The second-order valence-corrected chi connectivity index (χ2v) is 4.62. The summed E-state index contributed by atoms with van der Waals surface area (Å²) in [4.78, 5) is 17.3. The van der Waals surface area contributed by atoms with Gasteiger partial charge in [0.15, 0.2) is 0 Å². The van der Waals surface area contributed by atoms with Gasteiger partial charge in [0.25, 0.3) is 0 Å². The Morgan fingerprint density at radius 2 is 2.17 bits per heavy atom. The van der Waals surface area contributed by atoms with Gasteiger partial charge in [-0.1, -0.05) is 0 Å². The number of nitrogens with zero attached hydrogens (tertiary/aromatic N) is 2. The lowest BCUT2D eigenvalue weighted by atomic mass is 9.87. The Morgan fingerprint density at radius 1 is 1.50 bits per heavy atom. The molecule has 3 unspecified atom stereocenters. The van der Waals surface area contributed by atoms with E-state index in [1.54, 1.807) is 29.4 Å². The summed E-state index contributed by atoms with van der Waals surface area (Å²) in [6, 6.07) is 2.73. The first kappa shape index (κ1) is 12.8. The average molecular weight is 252 g/mol. The number of carbonyl (C=O) groups is 1. The molecule has 1 fully saturated rings. The third-order valence-corrected chi connectivity index (χ3v) is 3.30. The maximum absolute atomic E-state index is 13.0. The first-order valence-corrected chi connectivity index (χ1v) is 5.91. The maximum atomic E-state index is 13.0. The predicted molar refractivity (Wildman–Crippen MR) is 66.6 cm³/mol. The van der Waals surface area contributed by atoms with E-state index in [1.807, 2.05) is 0 Å². The number of primary amides is 1. The van der Waals surface area contributed by atoms with Crippen LogP contribution in [0.1, 0.15) is 6.42 Å². The fourth-order valence-corrected chi connectivity index (χ4v) is 2.55. The van der Waals surface area contributed by atoms with Gasteiger partial charge in [0.05, 0.1) is 6.67 Å². The Morgan fingerprint density at radius 3 is 2.72 bits per heavy atom. The van der Waals surface area contributed by atoms with Crippen molar-refractivity contribution in [3.63, 3.8) is 0 Å². The molecule has 1 aromatic heterocycles. The van der Waals surface area contributed by atoms with Crippen LogP contribution in [0.4, 0.5) is 10.1 Å². The quantitative estimate of drug-likeness (QED) is 0.796. The lowest BCUT2D eigenvalue weighted by molar-refractivity contribution is -0.121. The molecule has 98 valence electrons. The van der Waals surface area contributed by atoms with Crippen molar-refractivity contribution in [1.29, 1.82) is 0 Å². The third-order valence-electron chi connectivity index (χ3n) is 3.30. The number of amides is 1. The van der Waals surface area contributed by atoms with Gasteiger partial charge in [0, 0.05) is 36.6 Å². The van der Waals surface area contributed by atoms with Crippen LogP contribution in [0.15, 0.2) is 24.5 Å². The van der Waals surface area contributed by atoms with Crippen molar-refractivity contribution < 1.29 is 9.18 Å². The van der Waals surface area contributed by atoms with Crippen LogP contribution in [0.2, 0.25) is 0 Å². The Labute approximate surface area is 105 Å². The fourth-order valence-electron chi connectivity index (χ4n) is 2.55. The largest absolute Gasteiger partial charge is 0.368 e. The molecule has 0 spiro atoms. The van der Waals surface area contributed by atoms with Crippen LogP contribution in [0, 0.1) is 5.92 Å². The minimum atomic E-state index is -0.641. The van der Waals surface area contributed by atoms with E-state index >= 15 is 0 Å². The molecular formula is C12H17FN4O. The predicted octanol–water partition coefficient (Wildman–Crippen LogP) is 0.0586. The number of piperidine rings is 1. The van der Waals surface area contributed by atoms with E-state index in [1.165, 1.54) is 0 Å².